The first-order valence-corrected chi connectivity index (χ1v) is 11.6. The van der Waals surface area contributed by atoms with Crippen LogP contribution in [-0.2, 0) is 12.7 Å². The van der Waals surface area contributed by atoms with Gasteiger partial charge >= 0.3 is 6.18 Å². The standard InChI is InChI=1S/C25H18F4N4O2S/c26-19-10-4-8-17(12-19)23(35)30-14-22-31-32-24(36-15-21(34)16-6-2-1-3-7-16)33(22)20-11-5-9-18(13-20)25(27,28)29/h1-13H,14-15H2,(H,30,35). The van der Waals surface area contributed by atoms with Gasteiger partial charge in [0.1, 0.15) is 5.82 Å². The molecule has 0 bridgehead atoms. The van der Waals surface area contributed by atoms with Gasteiger partial charge in [-0.15, -0.1) is 10.2 Å². The number of nitrogens with zero attached hydrogens (tertiary/aromatic N) is 3. The fraction of sp³-hybridized carbons (Fsp3) is 0.120. The van der Waals surface area contributed by atoms with E-state index >= 15 is 0 Å². The Morgan fingerprint density at radius 3 is 2.33 bits per heavy atom. The Balaban J connectivity index is 1.62. The Bertz CT molecular complexity index is 1390. The van der Waals surface area contributed by atoms with Crippen molar-refractivity contribution < 1.29 is 27.2 Å². The molecule has 0 aliphatic rings. The Morgan fingerprint density at radius 2 is 1.61 bits per heavy atom. The molecule has 36 heavy (non-hydrogen) atoms. The summed E-state index contributed by atoms with van der Waals surface area (Å²) in [5, 5.41) is 10.8. The van der Waals surface area contributed by atoms with Gasteiger partial charge < -0.3 is 5.32 Å². The first-order chi connectivity index (χ1) is 17.2. The lowest BCUT2D eigenvalue weighted by Crippen LogP contribution is -2.24. The zero-order valence-corrected chi connectivity index (χ0v) is 19.3. The number of carbonyl (C=O) groups is 2. The number of hydrogen-bond acceptors (Lipinski definition) is 5. The number of alkyl halides is 3. The van der Waals surface area contributed by atoms with E-state index in [-0.39, 0.29) is 40.3 Å². The van der Waals surface area contributed by atoms with E-state index in [1.54, 1.807) is 30.3 Å². The van der Waals surface area contributed by atoms with Crippen molar-refractivity contribution in [2.24, 2.45) is 0 Å². The maximum Gasteiger partial charge on any atom is 0.416 e. The average Bonchev–Trinajstić information content (AvgIpc) is 3.28. The molecule has 3 aromatic carbocycles. The Morgan fingerprint density at radius 1 is 0.889 bits per heavy atom. The molecule has 4 aromatic rings. The highest BCUT2D eigenvalue weighted by atomic mass is 32.2. The van der Waals surface area contributed by atoms with Crippen LogP contribution in [0.3, 0.4) is 0 Å². The number of hydrogen-bond donors (Lipinski definition) is 1. The number of Topliss-reactive ketones (excluding diaryl/α,β-unsaturated/α-hetero) is 1. The molecule has 0 fully saturated rings. The van der Waals surface area contributed by atoms with Crippen molar-refractivity contribution in [2.45, 2.75) is 17.9 Å². The summed E-state index contributed by atoms with van der Waals surface area (Å²) in [4.78, 5) is 25.0. The lowest BCUT2D eigenvalue weighted by atomic mass is 10.2. The van der Waals surface area contributed by atoms with Gasteiger partial charge in [-0.1, -0.05) is 54.2 Å². The van der Waals surface area contributed by atoms with Gasteiger partial charge in [0.15, 0.2) is 16.8 Å². The van der Waals surface area contributed by atoms with E-state index in [2.05, 4.69) is 15.5 Å². The second-order valence-electron chi connectivity index (χ2n) is 7.55. The number of ketones is 1. The predicted molar refractivity (Wildman–Crippen MR) is 125 cm³/mol. The zero-order chi connectivity index (χ0) is 25.7. The minimum atomic E-state index is -4.58. The van der Waals surface area contributed by atoms with Crippen LogP contribution in [0.25, 0.3) is 5.69 Å². The summed E-state index contributed by atoms with van der Waals surface area (Å²) in [5.74, 6) is -1.27. The topological polar surface area (TPSA) is 76.9 Å². The second kappa shape index (κ2) is 10.7. The molecule has 0 atom stereocenters. The van der Waals surface area contributed by atoms with Gasteiger partial charge in [-0.25, -0.2) is 4.39 Å². The second-order valence-corrected chi connectivity index (χ2v) is 8.50. The SMILES string of the molecule is O=C(CSc1nnc(CNC(=O)c2cccc(F)c2)n1-c1cccc(C(F)(F)F)c1)c1ccccc1. The molecule has 184 valence electrons. The minimum Gasteiger partial charge on any atom is -0.345 e. The lowest BCUT2D eigenvalue weighted by molar-refractivity contribution is -0.137. The van der Waals surface area contributed by atoms with Gasteiger partial charge in [-0.05, 0) is 36.4 Å². The fourth-order valence-electron chi connectivity index (χ4n) is 3.32. The monoisotopic (exact) mass is 514 g/mol. The van der Waals surface area contributed by atoms with Gasteiger partial charge in [-0.2, -0.15) is 13.2 Å². The summed E-state index contributed by atoms with van der Waals surface area (Å²) in [7, 11) is 0. The van der Waals surface area contributed by atoms with Gasteiger partial charge in [-0.3, -0.25) is 14.2 Å². The van der Waals surface area contributed by atoms with Crippen molar-refractivity contribution >= 4 is 23.5 Å². The maximum atomic E-state index is 13.5. The third-order valence-electron chi connectivity index (χ3n) is 5.05. The fourth-order valence-corrected chi connectivity index (χ4v) is 4.18. The van der Waals surface area contributed by atoms with E-state index in [0.717, 1.165) is 30.0 Å². The summed E-state index contributed by atoms with van der Waals surface area (Å²) in [6.45, 7) is -0.203. The van der Waals surface area contributed by atoms with E-state index in [9.17, 15) is 27.2 Å². The van der Waals surface area contributed by atoms with Crippen LogP contribution in [0.2, 0.25) is 0 Å². The van der Waals surface area contributed by atoms with E-state index in [1.165, 1.54) is 34.9 Å². The minimum absolute atomic E-state index is 0.0310. The quantitative estimate of drug-likeness (QED) is 0.195. The first kappa shape index (κ1) is 25.1. The number of rotatable bonds is 8. The predicted octanol–water partition coefficient (Wildman–Crippen LogP) is 5.33. The van der Waals surface area contributed by atoms with Crippen molar-refractivity contribution in [3.63, 3.8) is 0 Å². The third kappa shape index (κ3) is 5.98. The van der Waals surface area contributed by atoms with Crippen LogP contribution in [0.1, 0.15) is 32.1 Å². The summed E-state index contributed by atoms with van der Waals surface area (Å²) >= 11 is 1.01. The summed E-state index contributed by atoms with van der Waals surface area (Å²) < 4.78 is 54.9. The van der Waals surface area contributed by atoms with Crippen LogP contribution in [0.4, 0.5) is 17.6 Å². The van der Waals surface area contributed by atoms with E-state index in [1.807, 2.05) is 0 Å². The summed E-state index contributed by atoms with van der Waals surface area (Å²) in [6, 6.07) is 18.2. The number of nitrogens with one attached hydrogen (secondary N) is 1. The average molecular weight is 515 g/mol. The highest BCUT2D eigenvalue weighted by Crippen LogP contribution is 2.32. The van der Waals surface area contributed by atoms with Gasteiger partial charge in [0.05, 0.1) is 23.5 Å². The Labute approximate surface area is 207 Å². The molecule has 0 unspecified atom stereocenters. The molecule has 1 amide bonds. The molecule has 0 aliphatic carbocycles. The van der Waals surface area contributed by atoms with Crippen LogP contribution in [0.5, 0.6) is 0 Å². The molecule has 4 rings (SSSR count). The molecule has 0 radical (unpaired) electrons. The van der Waals surface area contributed by atoms with E-state index in [4.69, 9.17) is 0 Å². The number of carbonyl (C=O) groups excluding carboxylic acids is 2. The summed E-state index contributed by atoms with van der Waals surface area (Å²) in [5.41, 5.74) is -0.208. The largest absolute Gasteiger partial charge is 0.416 e. The van der Waals surface area contributed by atoms with Crippen LogP contribution in [0.15, 0.2) is 84.0 Å². The number of benzene rings is 3. The molecule has 11 heteroatoms. The molecule has 1 heterocycles. The number of amides is 1. The van der Waals surface area contributed by atoms with Crippen molar-refractivity contribution in [3.8, 4) is 5.69 Å². The molecule has 0 aliphatic heterocycles. The molecule has 1 N–H and O–H groups in total. The molecule has 0 spiro atoms. The number of aromatic nitrogens is 3. The Kier molecular flexibility index (Phi) is 7.49. The maximum absolute atomic E-state index is 13.5. The molecular formula is C25H18F4N4O2S. The Hall–Kier alpha value is -3.99. The number of thioether (sulfide) groups is 1. The highest BCUT2D eigenvalue weighted by Gasteiger charge is 2.31. The van der Waals surface area contributed by atoms with Crippen LogP contribution >= 0.6 is 11.8 Å². The van der Waals surface area contributed by atoms with Gasteiger partial charge in [0, 0.05) is 11.1 Å². The van der Waals surface area contributed by atoms with Crippen LogP contribution < -0.4 is 5.32 Å². The molecule has 0 saturated heterocycles. The molecule has 6 nitrogen and oxygen atoms in total. The third-order valence-corrected chi connectivity index (χ3v) is 5.98. The van der Waals surface area contributed by atoms with Crippen molar-refractivity contribution in [1.82, 2.24) is 20.1 Å². The van der Waals surface area contributed by atoms with E-state index < -0.39 is 23.5 Å². The van der Waals surface area contributed by atoms with E-state index in [0.29, 0.717) is 5.56 Å². The van der Waals surface area contributed by atoms with Gasteiger partial charge in [0.2, 0.25) is 0 Å². The van der Waals surface area contributed by atoms with Crippen LogP contribution in [0, 0.1) is 5.82 Å². The van der Waals surface area contributed by atoms with Crippen molar-refractivity contribution in [3.05, 3.63) is 107 Å². The smallest absolute Gasteiger partial charge is 0.345 e. The molecule has 0 saturated carbocycles. The summed E-state index contributed by atoms with van der Waals surface area (Å²) in [6.07, 6.45) is -4.58. The normalized spacial score (nSPS) is 11.3. The van der Waals surface area contributed by atoms with Crippen molar-refractivity contribution in [1.29, 1.82) is 0 Å². The van der Waals surface area contributed by atoms with Crippen molar-refractivity contribution in [2.75, 3.05) is 5.75 Å². The van der Waals surface area contributed by atoms with Gasteiger partial charge in [0.25, 0.3) is 5.91 Å². The van der Waals surface area contributed by atoms with Crippen LogP contribution in [-0.4, -0.2) is 32.2 Å². The number of halogens is 4. The zero-order valence-electron chi connectivity index (χ0n) is 18.5. The highest BCUT2D eigenvalue weighted by molar-refractivity contribution is 7.99. The lowest BCUT2D eigenvalue weighted by Gasteiger charge is -2.13. The molecule has 1 aromatic heterocycles. The molecular weight excluding hydrogens is 496 g/mol. The first-order valence-electron chi connectivity index (χ1n) is 10.6.